The molecule has 0 bridgehead atoms. The van der Waals surface area contributed by atoms with E-state index in [9.17, 15) is 0 Å². The third-order valence-electron chi connectivity index (χ3n) is 10.9. The summed E-state index contributed by atoms with van der Waals surface area (Å²) in [4.78, 5) is 2.45. The predicted octanol–water partition coefficient (Wildman–Crippen LogP) is 11.2. The number of allylic oxidation sites excluding steroid dienone is 4. The number of hydrogen-bond acceptors (Lipinski definition) is 1. The normalized spacial score (nSPS) is 15.1. The van der Waals surface area contributed by atoms with Crippen molar-refractivity contribution in [2.24, 2.45) is 0 Å². The van der Waals surface area contributed by atoms with Gasteiger partial charge in [0.05, 0.1) is 11.0 Å². The summed E-state index contributed by atoms with van der Waals surface area (Å²) >= 11 is 0. The van der Waals surface area contributed by atoms with Gasteiger partial charge in [-0.05, 0) is 130 Å². The van der Waals surface area contributed by atoms with Crippen LogP contribution in [0.3, 0.4) is 0 Å². The third-order valence-corrected chi connectivity index (χ3v) is 10.9. The average molecular weight is 645 g/mol. The summed E-state index contributed by atoms with van der Waals surface area (Å²) in [6.07, 6.45) is 9.20. The molecule has 9 rings (SSSR count). The number of fused-ring (bicyclic) bond motifs is 5. The summed E-state index contributed by atoms with van der Waals surface area (Å²) in [7, 11) is 0. The Balaban J connectivity index is 1.28. The van der Waals surface area contributed by atoms with E-state index in [1.54, 1.807) is 0 Å². The lowest BCUT2D eigenvalue weighted by atomic mass is 9.80. The summed E-state index contributed by atoms with van der Waals surface area (Å²) in [5, 5.41) is 4.65. The van der Waals surface area contributed by atoms with Gasteiger partial charge in [0.25, 0.3) is 0 Å². The zero-order chi connectivity index (χ0) is 34.0. The van der Waals surface area contributed by atoms with Crippen molar-refractivity contribution in [3.63, 3.8) is 0 Å². The molecule has 0 amide bonds. The predicted molar refractivity (Wildman–Crippen MR) is 213 cm³/mol. The molecule has 2 nitrogen and oxygen atoms in total. The topological polar surface area (TPSA) is 8.17 Å². The molecule has 0 aliphatic heterocycles. The van der Waals surface area contributed by atoms with Crippen LogP contribution in [-0.2, 0) is 5.41 Å². The van der Waals surface area contributed by atoms with Crippen LogP contribution in [0.25, 0.3) is 45.7 Å². The molecule has 6 aromatic carbocycles. The zero-order valence-electron chi connectivity index (χ0n) is 28.9. The van der Waals surface area contributed by atoms with Gasteiger partial charge in [0.1, 0.15) is 0 Å². The summed E-state index contributed by atoms with van der Waals surface area (Å²) < 4.78 is 2.38. The van der Waals surface area contributed by atoms with Crippen LogP contribution in [-0.4, -0.2) is 4.57 Å². The minimum atomic E-state index is -0.0552. The molecule has 2 aliphatic carbocycles. The molecular formula is C48H40N2. The van der Waals surface area contributed by atoms with Crippen molar-refractivity contribution in [1.82, 2.24) is 4.57 Å². The summed E-state index contributed by atoms with van der Waals surface area (Å²) in [5.41, 5.74) is 15.2. The number of anilines is 3. The smallest absolute Gasteiger partial charge is 0.0542 e. The fraction of sp³-hybridized carbons (Fsp3) is 0.125. The SMILES string of the molecule is C=c1cccc/c1=C/c1cc(N(c2ccc3c(c2)C(C)(C)C2=C3CCC=C2)c2ccc3c(c2)c2ccccc2n3-c2ccccc2)ccc1C. The van der Waals surface area contributed by atoms with Gasteiger partial charge < -0.3 is 9.47 Å². The minimum Gasteiger partial charge on any atom is -0.310 e. The lowest BCUT2D eigenvalue weighted by molar-refractivity contribution is 0.651. The largest absolute Gasteiger partial charge is 0.310 e. The molecule has 2 aliphatic rings. The second-order valence-electron chi connectivity index (χ2n) is 14.3. The highest BCUT2D eigenvalue weighted by atomic mass is 15.1. The molecule has 242 valence electrons. The quantitative estimate of drug-likeness (QED) is 0.181. The van der Waals surface area contributed by atoms with Gasteiger partial charge >= 0.3 is 0 Å². The van der Waals surface area contributed by atoms with Gasteiger partial charge in [-0.15, -0.1) is 0 Å². The van der Waals surface area contributed by atoms with Crippen molar-refractivity contribution in [3.05, 3.63) is 184 Å². The molecule has 50 heavy (non-hydrogen) atoms. The number of para-hydroxylation sites is 2. The van der Waals surface area contributed by atoms with Crippen LogP contribution >= 0.6 is 0 Å². The Morgan fingerprint density at radius 1 is 0.700 bits per heavy atom. The van der Waals surface area contributed by atoms with E-state index < -0.39 is 0 Å². The van der Waals surface area contributed by atoms with Crippen LogP contribution in [0.2, 0.25) is 0 Å². The third kappa shape index (κ3) is 4.78. The van der Waals surface area contributed by atoms with Crippen LogP contribution < -0.4 is 15.3 Å². The Morgan fingerprint density at radius 3 is 2.26 bits per heavy atom. The Kier molecular flexibility index (Phi) is 7.03. The van der Waals surface area contributed by atoms with E-state index in [1.807, 2.05) is 6.07 Å². The molecule has 0 saturated carbocycles. The minimum absolute atomic E-state index is 0.0552. The van der Waals surface area contributed by atoms with Gasteiger partial charge in [-0.3, -0.25) is 0 Å². The van der Waals surface area contributed by atoms with Crippen LogP contribution in [0.1, 0.15) is 48.9 Å². The monoisotopic (exact) mass is 644 g/mol. The number of nitrogens with zero attached hydrogens (tertiary/aromatic N) is 2. The molecule has 0 saturated heterocycles. The molecule has 0 radical (unpaired) electrons. The zero-order valence-corrected chi connectivity index (χ0v) is 28.9. The van der Waals surface area contributed by atoms with Gasteiger partial charge in [0, 0.05) is 38.9 Å². The van der Waals surface area contributed by atoms with Crippen LogP contribution in [0.4, 0.5) is 17.1 Å². The molecule has 2 heteroatoms. The number of rotatable bonds is 5. The first-order valence-corrected chi connectivity index (χ1v) is 17.7. The standard InChI is InChI=1S/C48H40N2/c1-32-14-8-9-15-34(32)28-35-29-37(23-22-33(35)2)49(39-24-26-41-40-18-10-12-20-44(40)48(3,4)45(41)31-39)38-25-27-47-43(30-38)42-19-11-13-21-46(42)50(47)36-16-6-5-7-17-36/h5-9,11-17,19-31H,1,10,18H2,2-4H3/b34-28-. The highest BCUT2D eigenvalue weighted by Crippen LogP contribution is 2.52. The van der Waals surface area contributed by atoms with E-state index >= 15 is 0 Å². The molecule has 0 unspecified atom stereocenters. The number of hydrogen-bond donors (Lipinski definition) is 0. The Hall–Kier alpha value is -5.86. The maximum Gasteiger partial charge on any atom is 0.0542 e. The molecule has 7 aromatic rings. The Bertz CT molecular complexity index is 2650. The van der Waals surface area contributed by atoms with E-state index in [2.05, 4.69) is 182 Å². The second kappa shape index (κ2) is 11.6. The van der Waals surface area contributed by atoms with E-state index in [4.69, 9.17) is 0 Å². The van der Waals surface area contributed by atoms with Crippen molar-refractivity contribution < 1.29 is 0 Å². The summed E-state index contributed by atoms with van der Waals surface area (Å²) in [5.74, 6) is 0. The highest BCUT2D eigenvalue weighted by molar-refractivity contribution is 6.10. The first-order chi connectivity index (χ1) is 24.4. The fourth-order valence-electron chi connectivity index (χ4n) is 8.29. The van der Waals surface area contributed by atoms with Crippen LogP contribution in [0, 0.1) is 6.92 Å². The van der Waals surface area contributed by atoms with Crippen molar-refractivity contribution in [1.29, 1.82) is 0 Å². The van der Waals surface area contributed by atoms with Gasteiger partial charge in [0.15, 0.2) is 0 Å². The van der Waals surface area contributed by atoms with Gasteiger partial charge in [-0.25, -0.2) is 0 Å². The fourth-order valence-corrected chi connectivity index (χ4v) is 8.29. The highest BCUT2D eigenvalue weighted by Gasteiger charge is 2.37. The van der Waals surface area contributed by atoms with Gasteiger partial charge in [-0.1, -0.05) is 105 Å². The first kappa shape index (κ1) is 30.2. The van der Waals surface area contributed by atoms with Crippen LogP contribution in [0.5, 0.6) is 0 Å². The van der Waals surface area contributed by atoms with Crippen molar-refractivity contribution in [2.75, 3.05) is 4.90 Å². The molecule has 1 heterocycles. The maximum absolute atomic E-state index is 4.30. The van der Waals surface area contributed by atoms with E-state index in [0.29, 0.717) is 0 Å². The molecular weight excluding hydrogens is 605 g/mol. The second-order valence-corrected chi connectivity index (χ2v) is 14.3. The maximum atomic E-state index is 4.30. The van der Waals surface area contributed by atoms with Gasteiger partial charge in [-0.2, -0.15) is 0 Å². The van der Waals surface area contributed by atoms with E-state index in [-0.39, 0.29) is 5.41 Å². The summed E-state index contributed by atoms with van der Waals surface area (Å²) in [6, 6.07) is 48.8. The Labute approximate surface area is 294 Å². The molecule has 0 atom stereocenters. The van der Waals surface area contributed by atoms with Crippen molar-refractivity contribution in [3.8, 4) is 5.69 Å². The van der Waals surface area contributed by atoms with E-state index in [1.165, 1.54) is 66.6 Å². The number of aromatic nitrogens is 1. The molecule has 0 fully saturated rings. The van der Waals surface area contributed by atoms with Crippen LogP contribution in [0.15, 0.2) is 151 Å². The molecule has 0 N–H and O–H groups in total. The Morgan fingerprint density at radius 2 is 1.40 bits per heavy atom. The van der Waals surface area contributed by atoms with E-state index in [0.717, 1.165) is 34.7 Å². The average Bonchev–Trinajstić information content (AvgIpc) is 3.59. The molecule has 1 aromatic heterocycles. The summed E-state index contributed by atoms with van der Waals surface area (Å²) in [6.45, 7) is 11.3. The van der Waals surface area contributed by atoms with Crippen molar-refractivity contribution >= 4 is 57.1 Å². The lowest BCUT2D eigenvalue weighted by Gasteiger charge is -2.29. The molecule has 0 spiro atoms. The lowest BCUT2D eigenvalue weighted by Crippen LogP contribution is -2.22. The van der Waals surface area contributed by atoms with Gasteiger partial charge in [0.2, 0.25) is 0 Å². The number of aryl methyl sites for hydroxylation is 1. The number of benzene rings is 6. The first-order valence-electron chi connectivity index (χ1n) is 17.7. The van der Waals surface area contributed by atoms with Crippen molar-refractivity contribution in [2.45, 2.75) is 39.0 Å².